The number of ether oxygens (including phenoxy) is 1. The maximum atomic E-state index is 12.2. The quantitative estimate of drug-likeness (QED) is 0.202. The van der Waals surface area contributed by atoms with E-state index in [1.807, 2.05) is 53.7 Å². The first-order chi connectivity index (χ1) is 14.5. The number of phenolic OH excluding ortho intramolecular Hbond substituents is 1. The molecule has 5 atom stereocenters. The van der Waals surface area contributed by atoms with Crippen molar-refractivity contribution < 1.29 is 45.3 Å². The molecule has 32 heavy (non-hydrogen) atoms. The van der Waals surface area contributed by atoms with Crippen LogP contribution in [0.1, 0.15) is 64.7 Å². The normalized spacial score (nSPS) is 17.4. The fraction of sp³-hybridized carbons (Fsp3) is 0.696. The Bertz CT molecular complexity index is 729. The minimum Gasteiger partial charge on any atom is -0.507 e. The number of carbonyl (C=O) groups is 1. The Morgan fingerprint density at radius 1 is 0.875 bits per heavy atom. The van der Waals surface area contributed by atoms with E-state index in [0.29, 0.717) is 0 Å². The van der Waals surface area contributed by atoms with Gasteiger partial charge in [0.05, 0.1) is 6.61 Å². The molecule has 9 nitrogen and oxygen atoms in total. The van der Waals surface area contributed by atoms with Crippen LogP contribution in [0.2, 0.25) is 0 Å². The van der Waals surface area contributed by atoms with Crippen molar-refractivity contribution in [3.8, 4) is 5.75 Å². The summed E-state index contributed by atoms with van der Waals surface area (Å²) in [5.74, 6) is -0.642. The van der Waals surface area contributed by atoms with Gasteiger partial charge in [0.25, 0.3) is 0 Å². The third-order valence-electron chi connectivity index (χ3n) is 5.23. The van der Waals surface area contributed by atoms with Crippen molar-refractivity contribution in [1.82, 2.24) is 0 Å². The van der Waals surface area contributed by atoms with Crippen LogP contribution in [-0.4, -0.2) is 79.0 Å². The molecule has 0 aliphatic carbocycles. The summed E-state index contributed by atoms with van der Waals surface area (Å²) in [4.78, 5) is 12.2. The molecule has 1 rings (SSSR count). The molecule has 1 unspecified atom stereocenters. The summed E-state index contributed by atoms with van der Waals surface area (Å²) in [5, 5.41) is 68.0. The highest BCUT2D eigenvalue weighted by Crippen LogP contribution is 2.40. The van der Waals surface area contributed by atoms with Gasteiger partial charge in [0, 0.05) is 6.42 Å². The zero-order valence-electron chi connectivity index (χ0n) is 19.6. The van der Waals surface area contributed by atoms with Gasteiger partial charge in [0.15, 0.2) is 0 Å². The summed E-state index contributed by atoms with van der Waals surface area (Å²) < 4.78 is 4.74. The van der Waals surface area contributed by atoms with E-state index in [1.54, 1.807) is 0 Å². The zero-order chi connectivity index (χ0) is 25.0. The highest BCUT2D eigenvalue weighted by molar-refractivity contribution is 5.70. The number of aliphatic hydroxyl groups is 6. The minimum absolute atomic E-state index is 0.153. The van der Waals surface area contributed by atoms with Crippen molar-refractivity contribution in [2.75, 3.05) is 6.61 Å². The first-order valence-electron chi connectivity index (χ1n) is 10.6. The molecule has 184 valence electrons. The number of aromatic hydroxyl groups is 1. The van der Waals surface area contributed by atoms with Crippen LogP contribution in [0.25, 0.3) is 0 Å². The molecule has 0 aliphatic rings. The lowest BCUT2D eigenvalue weighted by Gasteiger charge is -2.28. The Balaban J connectivity index is 2.90. The second-order valence-electron chi connectivity index (χ2n) is 10.1. The van der Waals surface area contributed by atoms with E-state index < -0.39 is 43.3 Å². The van der Waals surface area contributed by atoms with Crippen molar-refractivity contribution in [1.29, 1.82) is 0 Å². The van der Waals surface area contributed by atoms with E-state index >= 15 is 0 Å². The Morgan fingerprint density at radius 3 is 1.75 bits per heavy atom. The van der Waals surface area contributed by atoms with E-state index in [-0.39, 0.29) is 29.4 Å². The smallest absolute Gasteiger partial charge is 0.308 e. The molecular weight excluding hydrogens is 420 g/mol. The van der Waals surface area contributed by atoms with Gasteiger partial charge >= 0.3 is 5.97 Å². The molecule has 0 aromatic heterocycles. The topological polar surface area (TPSA) is 168 Å². The molecule has 7 N–H and O–H groups in total. The molecule has 0 bridgehead atoms. The van der Waals surface area contributed by atoms with E-state index in [0.717, 1.165) is 16.7 Å². The summed E-state index contributed by atoms with van der Waals surface area (Å²) in [6, 6.07) is 3.64. The highest BCUT2D eigenvalue weighted by Gasteiger charge is 2.36. The van der Waals surface area contributed by atoms with Crippen LogP contribution in [0.4, 0.5) is 0 Å². The molecule has 0 amide bonds. The number of aliphatic hydroxyl groups excluding tert-OH is 6. The molecule has 0 radical (unpaired) electrons. The molecule has 0 heterocycles. The Labute approximate surface area is 188 Å². The first-order valence-corrected chi connectivity index (χ1v) is 10.6. The summed E-state index contributed by atoms with van der Waals surface area (Å²) in [6.07, 6.45) is -9.90. The van der Waals surface area contributed by atoms with Crippen LogP contribution in [0, 0.1) is 0 Å². The third-order valence-corrected chi connectivity index (χ3v) is 5.23. The summed E-state index contributed by atoms with van der Waals surface area (Å²) in [7, 11) is 0. The number of benzene rings is 1. The van der Waals surface area contributed by atoms with Crippen LogP contribution in [0.3, 0.4) is 0 Å². The van der Waals surface area contributed by atoms with E-state index in [4.69, 9.17) is 9.84 Å². The predicted molar refractivity (Wildman–Crippen MR) is 117 cm³/mol. The third kappa shape index (κ3) is 7.40. The lowest BCUT2D eigenvalue weighted by molar-refractivity contribution is -0.213. The van der Waals surface area contributed by atoms with Gasteiger partial charge in [-0.05, 0) is 33.9 Å². The van der Waals surface area contributed by atoms with Gasteiger partial charge < -0.3 is 40.5 Å². The van der Waals surface area contributed by atoms with Crippen LogP contribution in [0.5, 0.6) is 5.75 Å². The molecule has 0 aliphatic heterocycles. The molecule has 0 saturated heterocycles. The molecule has 9 heteroatoms. The largest absolute Gasteiger partial charge is 0.507 e. The number of carbonyl (C=O) groups excluding carboxylic acids is 1. The summed E-state index contributed by atoms with van der Waals surface area (Å²) in [5.41, 5.74) is 1.59. The maximum Gasteiger partial charge on any atom is 0.308 e. The Kier molecular flexibility index (Phi) is 9.65. The number of aryl methyl sites for hydroxylation is 1. The molecule has 1 aromatic rings. The van der Waals surface area contributed by atoms with Gasteiger partial charge in [-0.1, -0.05) is 53.7 Å². The number of hydrogen-bond donors (Lipinski definition) is 7. The number of phenols is 1. The highest BCUT2D eigenvalue weighted by atomic mass is 16.6. The molecule has 1 aromatic carbocycles. The lowest BCUT2D eigenvalue weighted by atomic mass is 9.78. The molecular formula is C23H38O9. The van der Waals surface area contributed by atoms with Gasteiger partial charge in [0.1, 0.15) is 30.2 Å². The van der Waals surface area contributed by atoms with Gasteiger partial charge in [0.2, 0.25) is 6.29 Å². The minimum atomic E-state index is -2.15. The van der Waals surface area contributed by atoms with Crippen molar-refractivity contribution in [3.05, 3.63) is 28.8 Å². The van der Waals surface area contributed by atoms with E-state index in [2.05, 4.69) is 0 Å². The number of hydrogen-bond acceptors (Lipinski definition) is 9. The number of rotatable bonds is 9. The van der Waals surface area contributed by atoms with E-state index in [1.165, 1.54) is 0 Å². The summed E-state index contributed by atoms with van der Waals surface area (Å²) in [6.45, 7) is 10.9. The molecule has 0 saturated carbocycles. The SMILES string of the molecule is CC(C)(C)c1cc(CCC(=O)OC(O)[C@@H](O)[C@@H](O)[C@H](O)[C@H](O)CO)cc(C(C)(C)C)c1O. The maximum absolute atomic E-state index is 12.2. The average molecular weight is 459 g/mol. The van der Waals surface area contributed by atoms with Gasteiger partial charge in [-0.25, -0.2) is 0 Å². The fourth-order valence-electron chi connectivity index (χ4n) is 3.20. The van der Waals surface area contributed by atoms with Gasteiger partial charge in [-0.15, -0.1) is 0 Å². The molecule has 0 spiro atoms. The number of esters is 1. The van der Waals surface area contributed by atoms with Crippen LogP contribution in [0.15, 0.2) is 12.1 Å². The van der Waals surface area contributed by atoms with Crippen molar-refractivity contribution >= 4 is 5.97 Å². The molecule has 0 fully saturated rings. The summed E-state index contributed by atoms with van der Waals surface area (Å²) >= 11 is 0. The lowest BCUT2D eigenvalue weighted by Crippen LogP contribution is -2.50. The van der Waals surface area contributed by atoms with Crippen LogP contribution < -0.4 is 0 Å². The van der Waals surface area contributed by atoms with Crippen LogP contribution >= 0.6 is 0 Å². The van der Waals surface area contributed by atoms with Crippen molar-refractivity contribution in [3.63, 3.8) is 0 Å². The fourth-order valence-corrected chi connectivity index (χ4v) is 3.20. The zero-order valence-corrected chi connectivity index (χ0v) is 19.6. The van der Waals surface area contributed by atoms with Crippen molar-refractivity contribution in [2.24, 2.45) is 0 Å². The first kappa shape index (κ1) is 28.3. The van der Waals surface area contributed by atoms with E-state index in [9.17, 15) is 35.4 Å². The standard InChI is InChI=1S/C23H38O9/c1-22(2,3)13-9-12(10-14(17(13)27)23(4,5)6)7-8-16(26)32-21(31)20(30)19(29)18(28)15(25)11-24/h9-10,15,18-21,24-25,27-31H,7-8,11H2,1-6H3/t15-,18-,19+,20+,21?/m1/s1. The predicted octanol–water partition coefficient (Wildman–Crippen LogP) is 0.217. The Morgan fingerprint density at radius 2 is 1.34 bits per heavy atom. The Hall–Kier alpha value is -1.75. The monoisotopic (exact) mass is 458 g/mol. The second kappa shape index (κ2) is 10.9. The van der Waals surface area contributed by atoms with Gasteiger partial charge in [-0.2, -0.15) is 0 Å². The van der Waals surface area contributed by atoms with Gasteiger partial charge in [-0.3, -0.25) is 4.79 Å². The van der Waals surface area contributed by atoms with Crippen molar-refractivity contribution in [2.45, 2.75) is 95.9 Å². The second-order valence-corrected chi connectivity index (χ2v) is 10.1. The average Bonchev–Trinajstić information content (AvgIpc) is 2.68. The van der Waals surface area contributed by atoms with Crippen LogP contribution in [-0.2, 0) is 26.8 Å².